The summed E-state index contributed by atoms with van der Waals surface area (Å²) in [5.74, 6) is 0. The molecule has 0 spiro atoms. The van der Waals surface area contributed by atoms with Gasteiger partial charge in [0, 0.05) is 17.1 Å². The normalized spacial score (nSPS) is 10.3. The first-order valence-corrected chi connectivity index (χ1v) is 7.01. The molecule has 21 heavy (non-hydrogen) atoms. The van der Waals surface area contributed by atoms with E-state index in [1.165, 1.54) is 16.7 Å². The van der Waals surface area contributed by atoms with Crippen molar-refractivity contribution in [2.45, 2.75) is 6.92 Å². The molecule has 0 aliphatic rings. The molecule has 104 valence electrons. The SMILES string of the molecule is Cc1cc(N)ccc1-c1ccc(Nc2ccccc2)cc1. The first-order valence-electron chi connectivity index (χ1n) is 7.01. The highest BCUT2D eigenvalue weighted by Gasteiger charge is 2.02. The summed E-state index contributed by atoms with van der Waals surface area (Å²) in [6.07, 6.45) is 0. The van der Waals surface area contributed by atoms with E-state index >= 15 is 0 Å². The lowest BCUT2D eigenvalue weighted by atomic mass is 10.00. The minimum atomic E-state index is 0.804. The number of hydrogen-bond acceptors (Lipinski definition) is 2. The van der Waals surface area contributed by atoms with E-state index in [1.807, 2.05) is 30.3 Å². The zero-order valence-corrected chi connectivity index (χ0v) is 12.0. The number of anilines is 3. The Bertz CT molecular complexity index is 731. The molecule has 3 N–H and O–H groups in total. The Hall–Kier alpha value is -2.74. The van der Waals surface area contributed by atoms with E-state index in [0.29, 0.717) is 0 Å². The summed E-state index contributed by atoms with van der Waals surface area (Å²) < 4.78 is 0. The van der Waals surface area contributed by atoms with Crippen molar-refractivity contribution in [2.24, 2.45) is 0 Å². The summed E-state index contributed by atoms with van der Waals surface area (Å²) in [5.41, 5.74) is 12.4. The van der Waals surface area contributed by atoms with Gasteiger partial charge >= 0.3 is 0 Å². The van der Waals surface area contributed by atoms with Crippen LogP contribution in [0.1, 0.15) is 5.56 Å². The first kappa shape index (κ1) is 13.3. The van der Waals surface area contributed by atoms with Crippen LogP contribution >= 0.6 is 0 Å². The molecule has 0 amide bonds. The molecule has 0 heterocycles. The van der Waals surface area contributed by atoms with E-state index in [0.717, 1.165) is 17.1 Å². The Labute approximate surface area is 125 Å². The standard InChI is InChI=1S/C19H18N2/c1-14-13-16(20)9-12-19(14)15-7-10-18(11-8-15)21-17-5-3-2-4-6-17/h2-13,21H,20H2,1H3. The molecule has 0 aromatic heterocycles. The van der Waals surface area contributed by atoms with Gasteiger partial charge < -0.3 is 11.1 Å². The zero-order valence-electron chi connectivity index (χ0n) is 12.0. The zero-order chi connectivity index (χ0) is 14.7. The summed E-state index contributed by atoms with van der Waals surface area (Å²) in [6, 6.07) is 24.6. The highest BCUT2D eigenvalue weighted by Crippen LogP contribution is 2.27. The topological polar surface area (TPSA) is 38.0 Å². The Morgan fingerprint density at radius 3 is 2.10 bits per heavy atom. The van der Waals surface area contributed by atoms with Crippen molar-refractivity contribution in [3.63, 3.8) is 0 Å². The molecule has 0 saturated carbocycles. The Morgan fingerprint density at radius 2 is 1.43 bits per heavy atom. The number of rotatable bonds is 3. The molecule has 0 unspecified atom stereocenters. The number of nitrogens with one attached hydrogen (secondary N) is 1. The summed E-state index contributed by atoms with van der Waals surface area (Å²) >= 11 is 0. The van der Waals surface area contributed by atoms with Gasteiger partial charge in [-0.15, -0.1) is 0 Å². The Balaban J connectivity index is 1.84. The summed E-state index contributed by atoms with van der Waals surface area (Å²) in [5, 5.41) is 3.39. The van der Waals surface area contributed by atoms with E-state index in [2.05, 4.69) is 54.7 Å². The molecule has 3 rings (SSSR count). The van der Waals surface area contributed by atoms with Crippen LogP contribution in [0.3, 0.4) is 0 Å². The molecule has 0 fully saturated rings. The summed E-state index contributed by atoms with van der Waals surface area (Å²) in [6.45, 7) is 2.09. The van der Waals surface area contributed by atoms with E-state index in [-0.39, 0.29) is 0 Å². The summed E-state index contributed by atoms with van der Waals surface area (Å²) in [4.78, 5) is 0. The van der Waals surface area contributed by atoms with Crippen molar-refractivity contribution < 1.29 is 0 Å². The summed E-state index contributed by atoms with van der Waals surface area (Å²) in [7, 11) is 0. The number of nitrogen functional groups attached to an aromatic ring is 1. The van der Waals surface area contributed by atoms with E-state index in [9.17, 15) is 0 Å². The Kier molecular flexibility index (Phi) is 3.61. The minimum absolute atomic E-state index is 0.804. The van der Waals surface area contributed by atoms with E-state index in [1.54, 1.807) is 0 Å². The van der Waals surface area contributed by atoms with Crippen molar-refractivity contribution in [3.8, 4) is 11.1 Å². The second-order valence-electron chi connectivity index (χ2n) is 5.14. The number of hydrogen-bond donors (Lipinski definition) is 2. The quantitative estimate of drug-likeness (QED) is 0.660. The van der Waals surface area contributed by atoms with Crippen LogP contribution in [0.15, 0.2) is 72.8 Å². The predicted molar refractivity (Wildman–Crippen MR) is 90.8 cm³/mol. The predicted octanol–water partition coefficient (Wildman–Crippen LogP) is 4.99. The van der Waals surface area contributed by atoms with Gasteiger partial charge in [0.05, 0.1) is 0 Å². The lowest BCUT2D eigenvalue weighted by molar-refractivity contribution is 1.45. The van der Waals surface area contributed by atoms with Crippen LogP contribution in [0.2, 0.25) is 0 Å². The molecule has 0 aliphatic heterocycles. The molecule has 0 bridgehead atoms. The van der Waals surface area contributed by atoms with Crippen LogP contribution in [-0.4, -0.2) is 0 Å². The van der Waals surface area contributed by atoms with Crippen molar-refractivity contribution in [2.75, 3.05) is 11.1 Å². The van der Waals surface area contributed by atoms with Crippen LogP contribution in [-0.2, 0) is 0 Å². The maximum atomic E-state index is 5.81. The molecule has 0 aliphatic carbocycles. The van der Waals surface area contributed by atoms with Crippen LogP contribution < -0.4 is 11.1 Å². The van der Waals surface area contributed by atoms with Crippen molar-refractivity contribution in [1.29, 1.82) is 0 Å². The third kappa shape index (κ3) is 3.06. The van der Waals surface area contributed by atoms with E-state index in [4.69, 9.17) is 5.73 Å². The van der Waals surface area contributed by atoms with E-state index < -0.39 is 0 Å². The molecule has 2 heteroatoms. The molecule has 0 atom stereocenters. The van der Waals surface area contributed by atoms with Crippen LogP contribution in [0, 0.1) is 6.92 Å². The fourth-order valence-electron chi connectivity index (χ4n) is 2.43. The molecular formula is C19H18N2. The molecule has 2 nitrogen and oxygen atoms in total. The van der Waals surface area contributed by atoms with Gasteiger partial charge in [0.2, 0.25) is 0 Å². The van der Waals surface area contributed by atoms with Crippen LogP contribution in [0.5, 0.6) is 0 Å². The highest BCUT2D eigenvalue weighted by atomic mass is 14.9. The Morgan fingerprint density at radius 1 is 0.762 bits per heavy atom. The number of para-hydroxylation sites is 1. The number of nitrogens with two attached hydrogens (primary N) is 1. The van der Waals surface area contributed by atoms with Crippen molar-refractivity contribution in [3.05, 3.63) is 78.4 Å². The third-order valence-corrected chi connectivity index (χ3v) is 3.51. The average molecular weight is 274 g/mol. The maximum absolute atomic E-state index is 5.81. The van der Waals surface area contributed by atoms with Crippen molar-refractivity contribution >= 4 is 17.1 Å². The molecule has 0 radical (unpaired) electrons. The number of benzene rings is 3. The first-order chi connectivity index (χ1) is 10.2. The second kappa shape index (κ2) is 5.71. The monoisotopic (exact) mass is 274 g/mol. The highest BCUT2D eigenvalue weighted by molar-refractivity contribution is 5.72. The lowest BCUT2D eigenvalue weighted by Gasteiger charge is -2.10. The molecule has 0 saturated heterocycles. The van der Waals surface area contributed by atoms with Gasteiger partial charge in [-0.1, -0.05) is 36.4 Å². The molecular weight excluding hydrogens is 256 g/mol. The third-order valence-electron chi connectivity index (χ3n) is 3.51. The minimum Gasteiger partial charge on any atom is -0.399 e. The van der Waals surface area contributed by atoms with Crippen LogP contribution in [0.25, 0.3) is 11.1 Å². The molecule has 3 aromatic carbocycles. The van der Waals surface area contributed by atoms with Gasteiger partial charge in [0.1, 0.15) is 0 Å². The largest absolute Gasteiger partial charge is 0.399 e. The van der Waals surface area contributed by atoms with Crippen LogP contribution in [0.4, 0.5) is 17.1 Å². The van der Waals surface area contributed by atoms with Gasteiger partial charge in [-0.3, -0.25) is 0 Å². The fraction of sp³-hybridized carbons (Fsp3) is 0.0526. The fourth-order valence-corrected chi connectivity index (χ4v) is 2.43. The smallest absolute Gasteiger partial charge is 0.0384 e. The van der Waals surface area contributed by atoms with Crippen molar-refractivity contribution in [1.82, 2.24) is 0 Å². The molecule has 3 aromatic rings. The second-order valence-corrected chi connectivity index (χ2v) is 5.14. The maximum Gasteiger partial charge on any atom is 0.0384 e. The van der Waals surface area contributed by atoms with Gasteiger partial charge in [0.15, 0.2) is 0 Å². The van der Waals surface area contributed by atoms with Gasteiger partial charge in [-0.2, -0.15) is 0 Å². The van der Waals surface area contributed by atoms with Gasteiger partial charge in [-0.05, 0) is 60.0 Å². The van der Waals surface area contributed by atoms with Gasteiger partial charge in [-0.25, -0.2) is 0 Å². The average Bonchev–Trinajstić information content (AvgIpc) is 2.49. The van der Waals surface area contributed by atoms with Gasteiger partial charge in [0.25, 0.3) is 0 Å². The lowest BCUT2D eigenvalue weighted by Crippen LogP contribution is -1.91. The number of aryl methyl sites for hydroxylation is 1.